The Morgan fingerprint density at radius 1 is 1.00 bits per heavy atom. The van der Waals surface area contributed by atoms with Gasteiger partial charge in [-0.05, 0) is 66.4 Å². The van der Waals surface area contributed by atoms with Crippen LogP contribution in [0.25, 0.3) is 11.1 Å². The zero-order chi connectivity index (χ0) is 22.6. The lowest BCUT2D eigenvalue weighted by molar-refractivity contribution is -0.137. The van der Waals surface area contributed by atoms with Gasteiger partial charge in [-0.25, -0.2) is 0 Å². The van der Waals surface area contributed by atoms with Crippen LogP contribution in [0.1, 0.15) is 28.9 Å². The Balaban J connectivity index is 1.67. The van der Waals surface area contributed by atoms with Crippen molar-refractivity contribution in [3.8, 4) is 16.9 Å². The molecule has 0 heterocycles. The van der Waals surface area contributed by atoms with Gasteiger partial charge in [0.1, 0.15) is 18.1 Å². The summed E-state index contributed by atoms with van der Waals surface area (Å²) in [5.74, 6) is 0.680. The van der Waals surface area contributed by atoms with E-state index >= 15 is 0 Å². The lowest BCUT2D eigenvalue weighted by Crippen LogP contribution is -2.03. The van der Waals surface area contributed by atoms with Crippen molar-refractivity contribution in [1.29, 1.82) is 0 Å². The zero-order valence-electron chi connectivity index (χ0n) is 17.2. The predicted octanol–water partition coefficient (Wildman–Crippen LogP) is 7.98. The maximum absolute atomic E-state index is 12.7. The first-order valence-electron chi connectivity index (χ1n) is 9.68. The van der Waals surface area contributed by atoms with Gasteiger partial charge in [-0.1, -0.05) is 43.0 Å². The van der Waals surface area contributed by atoms with E-state index in [0.717, 1.165) is 39.3 Å². The number of rotatable bonds is 7. The van der Waals surface area contributed by atoms with Crippen molar-refractivity contribution in [3.63, 3.8) is 0 Å². The molecule has 162 valence electrons. The first kappa shape index (κ1) is 22.8. The van der Waals surface area contributed by atoms with Crippen molar-refractivity contribution in [2.75, 3.05) is 6.61 Å². The Bertz CT molecular complexity index is 1040. The number of thioether (sulfide) groups is 1. The van der Waals surface area contributed by atoms with E-state index in [0.29, 0.717) is 5.75 Å². The van der Waals surface area contributed by atoms with Crippen LogP contribution in [0, 0.1) is 6.92 Å². The van der Waals surface area contributed by atoms with Gasteiger partial charge in [-0.3, -0.25) is 0 Å². The smallest absolute Gasteiger partial charge is 0.416 e. The van der Waals surface area contributed by atoms with Crippen molar-refractivity contribution < 1.29 is 23.0 Å². The molecule has 6 heteroatoms. The maximum Gasteiger partial charge on any atom is 0.416 e. The minimum absolute atomic E-state index is 0.0220. The van der Waals surface area contributed by atoms with E-state index in [4.69, 9.17) is 4.74 Å². The molecule has 0 bridgehead atoms. The van der Waals surface area contributed by atoms with Gasteiger partial charge in [0.05, 0.1) is 5.56 Å². The Hall–Kier alpha value is -2.86. The molecule has 3 aromatic carbocycles. The molecule has 1 atom stereocenters. The minimum atomic E-state index is -4.33. The Kier molecular flexibility index (Phi) is 7.01. The number of benzene rings is 3. The van der Waals surface area contributed by atoms with E-state index < -0.39 is 11.7 Å². The molecule has 0 amide bonds. The fourth-order valence-electron chi connectivity index (χ4n) is 3.09. The second kappa shape index (κ2) is 9.52. The molecule has 0 aliphatic heterocycles. The average Bonchev–Trinajstić information content (AvgIpc) is 2.72. The first-order chi connectivity index (χ1) is 14.6. The number of halogens is 3. The number of aryl methyl sites for hydroxylation is 1. The van der Waals surface area contributed by atoms with Gasteiger partial charge in [0.2, 0.25) is 0 Å². The second-order valence-corrected chi connectivity index (χ2v) is 8.65. The van der Waals surface area contributed by atoms with E-state index in [1.54, 1.807) is 11.8 Å². The lowest BCUT2D eigenvalue weighted by Gasteiger charge is -2.15. The van der Waals surface area contributed by atoms with Crippen LogP contribution in [0.5, 0.6) is 5.75 Å². The van der Waals surface area contributed by atoms with E-state index in [1.165, 1.54) is 12.1 Å². The number of ether oxygens (including phenoxy) is 1. The summed E-state index contributed by atoms with van der Waals surface area (Å²) in [6.45, 7) is 7.53. The van der Waals surface area contributed by atoms with Gasteiger partial charge in [-0.15, -0.1) is 11.8 Å². The SMILES string of the molecule is C=C(O)COc1ccc(SC(C)c2ccc(-c3ccc(C(F)(F)F)cc3)cc2)cc1C. The first-order valence-corrected chi connectivity index (χ1v) is 10.6. The molecule has 31 heavy (non-hydrogen) atoms. The number of hydrogen-bond donors (Lipinski definition) is 1. The van der Waals surface area contributed by atoms with E-state index in [-0.39, 0.29) is 17.6 Å². The van der Waals surface area contributed by atoms with Crippen molar-refractivity contribution in [1.82, 2.24) is 0 Å². The monoisotopic (exact) mass is 444 g/mol. The van der Waals surface area contributed by atoms with Crippen molar-refractivity contribution in [2.45, 2.75) is 30.2 Å². The van der Waals surface area contributed by atoms with Crippen LogP contribution in [0.2, 0.25) is 0 Å². The van der Waals surface area contributed by atoms with E-state index in [2.05, 4.69) is 13.5 Å². The van der Waals surface area contributed by atoms with Crippen LogP contribution in [0.4, 0.5) is 13.2 Å². The molecule has 0 saturated carbocycles. The molecule has 0 fully saturated rings. The largest absolute Gasteiger partial charge is 0.509 e. The highest BCUT2D eigenvalue weighted by Crippen LogP contribution is 2.37. The molecule has 3 rings (SSSR count). The van der Waals surface area contributed by atoms with E-state index in [1.807, 2.05) is 49.4 Å². The standard InChI is InChI=1S/C25H23F3O2S/c1-16-14-23(12-13-24(16)30-15-17(2)29)31-18(3)19-4-6-20(7-5-19)21-8-10-22(11-9-21)25(26,27)28/h4-14,18,29H,2,15H2,1,3H3. The van der Waals surface area contributed by atoms with Crippen molar-refractivity contribution in [3.05, 3.63) is 95.8 Å². The third kappa shape index (κ3) is 6.07. The van der Waals surface area contributed by atoms with Crippen LogP contribution in [-0.2, 0) is 6.18 Å². The highest BCUT2D eigenvalue weighted by Gasteiger charge is 2.29. The molecule has 0 aliphatic rings. The van der Waals surface area contributed by atoms with Gasteiger partial charge >= 0.3 is 6.18 Å². The molecular formula is C25H23F3O2S. The highest BCUT2D eigenvalue weighted by molar-refractivity contribution is 7.99. The predicted molar refractivity (Wildman–Crippen MR) is 120 cm³/mol. The van der Waals surface area contributed by atoms with Gasteiger partial charge in [0, 0.05) is 10.1 Å². The number of hydrogen-bond acceptors (Lipinski definition) is 3. The summed E-state index contributed by atoms with van der Waals surface area (Å²) < 4.78 is 43.7. The van der Waals surface area contributed by atoms with Crippen LogP contribution in [0.3, 0.4) is 0 Å². The summed E-state index contributed by atoms with van der Waals surface area (Å²) >= 11 is 1.70. The molecule has 2 nitrogen and oxygen atoms in total. The quantitative estimate of drug-likeness (QED) is 0.296. The summed E-state index contributed by atoms with van der Waals surface area (Å²) in [6, 6.07) is 18.9. The van der Waals surface area contributed by atoms with Crippen LogP contribution in [-0.4, -0.2) is 11.7 Å². The molecule has 0 spiro atoms. The van der Waals surface area contributed by atoms with Gasteiger partial charge in [0.25, 0.3) is 0 Å². The molecular weight excluding hydrogens is 421 g/mol. The van der Waals surface area contributed by atoms with Crippen LogP contribution in [0.15, 0.2) is 84.0 Å². The molecule has 0 radical (unpaired) electrons. The molecule has 3 aromatic rings. The zero-order valence-corrected chi connectivity index (χ0v) is 18.1. The third-order valence-electron chi connectivity index (χ3n) is 4.78. The average molecular weight is 445 g/mol. The normalized spacial score (nSPS) is 12.4. The molecule has 1 N–H and O–H groups in total. The summed E-state index contributed by atoms with van der Waals surface area (Å²) in [6.07, 6.45) is -4.33. The topological polar surface area (TPSA) is 29.5 Å². The number of aliphatic hydroxyl groups excluding tert-OH is 1. The van der Waals surface area contributed by atoms with Crippen molar-refractivity contribution >= 4 is 11.8 Å². The Morgan fingerprint density at radius 2 is 1.58 bits per heavy atom. The third-order valence-corrected chi connectivity index (χ3v) is 5.93. The fraction of sp³-hybridized carbons (Fsp3) is 0.200. The summed E-state index contributed by atoms with van der Waals surface area (Å²) in [4.78, 5) is 1.09. The van der Waals surface area contributed by atoms with Crippen LogP contribution < -0.4 is 4.74 Å². The summed E-state index contributed by atoms with van der Waals surface area (Å²) in [5, 5.41) is 9.36. The molecule has 0 aromatic heterocycles. The summed E-state index contributed by atoms with van der Waals surface area (Å²) in [5.41, 5.74) is 3.06. The van der Waals surface area contributed by atoms with Gasteiger partial charge in [-0.2, -0.15) is 13.2 Å². The van der Waals surface area contributed by atoms with Gasteiger partial charge < -0.3 is 9.84 Å². The Labute approximate surface area is 184 Å². The minimum Gasteiger partial charge on any atom is -0.509 e. The summed E-state index contributed by atoms with van der Waals surface area (Å²) in [7, 11) is 0. The van der Waals surface area contributed by atoms with Crippen molar-refractivity contribution in [2.24, 2.45) is 0 Å². The van der Waals surface area contributed by atoms with Crippen LogP contribution >= 0.6 is 11.8 Å². The maximum atomic E-state index is 12.7. The van der Waals surface area contributed by atoms with E-state index in [9.17, 15) is 18.3 Å². The molecule has 0 saturated heterocycles. The second-order valence-electron chi connectivity index (χ2n) is 7.24. The molecule has 1 unspecified atom stereocenters. The lowest BCUT2D eigenvalue weighted by atomic mass is 10.0. The molecule has 0 aliphatic carbocycles. The number of alkyl halides is 3. The Morgan fingerprint density at radius 3 is 2.10 bits per heavy atom. The fourth-order valence-corrected chi connectivity index (χ4v) is 4.18. The number of aliphatic hydroxyl groups is 1. The van der Waals surface area contributed by atoms with Gasteiger partial charge in [0.15, 0.2) is 0 Å². The highest BCUT2D eigenvalue weighted by atomic mass is 32.2.